The molecule has 2 aliphatic heterocycles. The van der Waals surface area contributed by atoms with Gasteiger partial charge in [-0.25, -0.2) is 13.4 Å². The van der Waals surface area contributed by atoms with Gasteiger partial charge in [0, 0.05) is 45.0 Å². The molecule has 6 nitrogen and oxygen atoms in total. The van der Waals surface area contributed by atoms with Gasteiger partial charge in [0.05, 0.1) is 10.9 Å². The molecule has 1 aromatic heterocycles. The van der Waals surface area contributed by atoms with Gasteiger partial charge in [-0.2, -0.15) is 4.31 Å². The lowest BCUT2D eigenvalue weighted by Crippen LogP contribution is -2.56. The second kappa shape index (κ2) is 9.63. The highest BCUT2D eigenvalue weighted by molar-refractivity contribution is 7.89. The van der Waals surface area contributed by atoms with Crippen molar-refractivity contribution in [3.8, 4) is 0 Å². The summed E-state index contributed by atoms with van der Waals surface area (Å²) in [6.07, 6.45) is 3.64. The molecule has 2 aromatic carbocycles. The Labute approximate surface area is 196 Å². The first-order valence-corrected chi connectivity index (χ1v) is 13.1. The fourth-order valence-corrected chi connectivity index (χ4v) is 6.78. The fraction of sp³-hybridized carbons (Fsp3) is 0.346. The van der Waals surface area contributed by atoms with Crippen LogP contribution in [0.15, 0.2) is 90.0 Å². The summed E-state index contributed by atoms with van der Waals surface area (Å²) in [5.74, 6) is 1.01. The molecule has 7 heteroatoms. The summed E-state index contributed by atoms with van der Waals surface area (Å²) in [4.78, 5) is 9.62. The highest BCUT2D eigenvalue weighted by Gasteiger charge is 2.40. The normalized spacial score (nSPS) is 22.8. The molecule has 5 rings (SSSR count). The molecule has 0 spiro atoms. The molecular formula is C26H30N4O2S. The molecule has 0 aliphatic carbocycles. The molecule has 2 fully saturated rings. The van der Waals surface area contributed by atoms with Gasteiger partial charge in [0.2, 0.25) is 10.0 Å². The quantitative estimate of drug-likeness (QED) is 0.577. The van der Waals surface area contributed by atoms with Gasteiger partial charge in [-0.3, -0.25) is 4.90 Å². The predicted octanol–water partition coefficient (Wildman–Crippen LogP) is 3.80. The van der Waals surface area contributed by atoms with Gasteiger partial charge < -0.3 is 4.90 Å². The van der Waals surface area contributed by atoms with Crippen LogP contribution in [0.2, 0.25) is 0 Å². The van der Waals surface area contributed by atoms with Crippen LogP contribution in [0.5, 0.6) is 0 Å². The lowest BCUT2D eigenvalue weighted by molar-refractivity contribution is 0.102. The molecule has 172 valence electrons. The van der Waals surface area contributed by atoms with Gasteiger partial charge in [0.15, 0.2) is 0 Å². The van der Waals surface area contributed by atoms with Crippen LogP contribution in [0.3, 0.4) is 0 Å². The molecule has 0 saturated carbocycles. The molecule has 3 heterocycles. The molecular weight excluding hydrogens is 432 g/mol. The third-order valence-electron chi connectivity index (χ3n) is 6.85. The second-order valence-corrected chi connectivity index (χ2v) is 10.6. The van der Waals surface area contributed by atoms with Crippen LogP contribution in [-0.2, 0) is 10.0 Å². The van der Waals surface area contributed by atoms with Gasteiger partial charge in [0.25, 0.3) is 0 Å². The number of nitrogens with zero attached hydrogens (tertiary/aromatic N) is 4. The van der Waals surface area contributed by atoms with E-state index in [4.69, 9.17) is 0 Å². The number of hydrogen-bond acceptors (Lipinski definition) is 5. The van der Waals surface area contributed by atoms with Crippen molar-refractivity contribution < 1.29 is 8.42 Å². The number of anilines is 1. The number of piperazine rings is 1. The van der Waals surface area contributed by atoms with E-state index in [0.717, 1.165) is 50.4 Å². The smallest absolute Gasteiger partial charge is 0.243 e. The molecule has 0 amide bonds. The maximum atomic E-state index is 13.7. The third-order valence-corrected chi connectivity index (χ3v) is 8.74. The maximum Gasteiger partial charge on any atom is 0.243 e. The standard InChI is InChI=1S/C26H30N4O2S/c31-33(32,24-11-5-2-6-12-24)30-21-23(14-15-25(30)22-9-3-1-4-10-22)28-17-19-29(20-18-28)26-13-7-8-16-27-26/h1-13,16,23,25H,14-15,17-21H2. The van der Waals surface area contributed by atoms with E-state index in [0.29, 0.717) is 11.4 Å². The van der Waals surface area contributed by atoms with Gasteiger partial charge in [0.1, 0.15) is 5.82 Å². The summed E-state index contributed by atoms with van der Waals surface area (Å²) in [6.45, 7) is 4.15. The van der Waals surface area contributed by atoms with Crippen molar-refractivity contribution in [2.75, 3.05) is 37.6 Å². The fourth-order valence-electron chi connectivity index (χ4n) is 5.08. The zero-order chi connectivity index (χ0) is 22.7. The lowest BCUT2D eigenvalue weighted by Gasteiger charge is -2.45. The van der Waals surface area contributed by atoms with Gasteiger partial charge in [-0.15, -0.1) is 0 Å². The molecule has 33 heavy (non-hydrogen) atoms. The molecule has 3 aromatic rings. The molecule has 2 atom stereocenters. The average molecular weight is 463 g/mol. The maximum absolute atomic E-state index is 13.7. The Hall–Kier alpha value is -2.74. The Morgan fingerprint density at radius 2 is 1.42 bits per heavy atom. The Morgan fingerprint density at radius 3 is 2.09 bits per heavy atom. The number of pyridine rings is 1. The molecule has 2 aliphatic rings. The van der Waals surface area contributed by atoms with Gasteiger partial charge in [-0.05, 0) is 42.7 Å². The molecule has 2 saturated heterocycles. The van der Waals surface area contributed by atoms with Crippen molar-refractivity contribution in [3.05, 3.63) is 90.6 Å². The molecule has 0 radical (unpaired) electrons. The van der Waals surface area contributed by atoms with E-state index >= 15 is 0 Å². The molecule has 0 N–H and O–H groups in total. The van der Waals surface area contributed by atoms with Crippen LogP contribution in [0.25, 0.3) is 0 Å². The van der Waals surface area contributed by atoms with Crippen molar-refractivity contribution in [1.82, 2.24) is 14.2 Å². The number of sulfonamides is 1. The number of hydrogen-bond donors (Lipinski definition) is 0. The van der Waals surface area contributed by atoms with Crippen molar-refractivity contribution in [1.29, 1.82) is 0 Å². The minimum absolute atomic E-state index is 0.137. The Bertz CT molecular complexity index is 1130. The second-order valence-electron chi connectivity index (χ2n) is 8.76. The molecule has 0 bridgehead atoms. The number of rotatable bonds is 5. The zero-order valence-electron chi connectivity index (χ0n) is 18.7. The van der Waals surface area contributed by atoms with E-state index in [2.05, 4.69) is 20.9 Å². The first kappa shape index (κ1) is 22.1. The number of benzene rings is 2. The van der Waals surface area contributed by atoms with Crippen LogP contribution in [0, 0.1) is 0 Å². The summed E-state index contributed by atoms with van der Waals surface area (Å²) in [5, 5.41) is 0. The first-order chi connectivity index (χ1) is 16.1. The van der Waals surface area contributed by atoms with Gasteiger partial charge >= 0.3 is 0 Å². The van der Waals surface area contributed by atoms with Crippen molar-refractivity contribution >= 4 is 15.8 Å². The summed E-state index contributed by atoms with van der Waals surface area (Å²) >= 11 is 0. The largest absolute Gasteiger partial charge is 0.354 e. The van der Waals surface area contributed by atoms with E-state index in [1.807, 2.05) is 54.7 Å². The summed E-state index contributed by atoms with van der Waals surface area (Å²) in [6, 6.07) is 25.0. The monoisotopic (exact) mass is 462 g/mol. The van der Waals surface area contributed by atoms with Crippen LogP contribution in [0.4, 0.5) is 5.82 Å². The van der Waals surface area contributed by atoms with Gasteiger partial charge in [-0.1, -0.05) is 54.6 Å². The van der Waals surface area contributed by atoms with E-state index in [1.54, 1.807) is 28.6 Å². The Balaban J connectivity index is 1.36. The van der Waals surface area contributed by atoms with Crippen molar-refractivity contribution in [2.24, 2.45) is 0 Å². The molecule has 2 unspecified atom stereocenters. The lowest BCUT2D eigenvalue weighted by atomic mass is 9.94. The van der Waals surface area contributed by atoms with Crippen LogP contribution >= 0.6 is 0 Å². The van der Waals surface area contributed by atoms with E-state index < -0.39 is 10.0 Å². The topological polar surface area (TPSA) is 56.8 Å². The SMILES string of the molecule is O=S(=O)(c1ccccc1)N1CC(N2CCN(c3ccccn3)CC2)CCC1c1ccccc1. The number of piperidine rings is 1. The number of aromatic nitrogens is 1. The summed E-state index contributed by atoms with van der Waals surface area (Å²) in [5.41, 5.74) is 1.07. The average Bonchev–Trinajstić information content (AvgIpc) is 2.90. The summed E-state index contributed by atoms with van der Waals surface area (Å²) in [7, 11) is -3.60. The minimum Gasteiger partial charge on any atom is -0.354 e. The van der Waals surface area contributed by atoms with Crippen LogP contribution in [0.1, 0.15) is 24.4 Å². The van der Waals surface area contributed by atoms with E-state index in [1.165, 1.54) is 0 Å². The highest BCUT2D eigenvalue weighted by atomic mass is 32.2. The van der Waals surface area contributed by atoms with Crippen molar-refractivity contribution in [3.63, 3.8) is 0 Å². The Morgan fingerprint density at radius 1 is 0.758 bits per heavy atom. The van der Waals surface area contributed by atoms with Crippen LogP contribution < -0.4 is 4.90 Å². The van der Waals surface area contributed by atoms with Crippen molar-refractivity contribution in [2.45, 2.75) is 29.8 Å². The highest BCUT2D eigenvalue weighted by Crippen LogP contribution is 2.37. The van der Waals surface area contributed by atoms with Crippen LogP contribution in [-0.4, -0.2) is 61.4 Å². The predicted molar refractivity (Wildman–Crippen MR) is 131 cm³/mol. The first-order valence-electron chi connectivity index (χ1n) is 11.6. The third kappa shape index (κ3) is 4.67. The summed E-state index contributed by atoms with van der Waals surface area (Å²) < 4.78 is 29.2. The zero-order valence-corrected chi connectivity index (χ0v) is 19.5. The van der Waals surface area contributed by atoms with E-state index in [-0.39, 0.29) is 12.1 Å². The van der Waals surface area contributed by atoms with E-state index in [9.17, 15) is 8.42 Å². The Kier molecular flexibility index (Phi) is 6.44. The minimum atomic E-state index is -3.60.